The van der Waals surface area contributed by atoms with Gasteiger partial charge in [-0.2, -0.15) is 5.10 Å². The molecule has 27 heavy (non-hydrogen) atoms. The summed E-state index contributed by atoms with van der Waals surface area (Å²) < 4.78 is 24.5. The summed E-state index contributed by atoms with van der Waals surface area (Å²) in [6.45, 7) is 2.39. The van der Waals surface area contributed by atoms with Crippen LogP contribution in [0.25, 0.3) is 0 Å². The van der Waals surface area contributed by atoms with Crippen LogP contribution in [0.15, 0.2) is 46.5 Å². The van der Waals surface area contributed by atoms with E-state index in [1.165, 1.54) is 17.7 Å². The zero-order valence-electron chi connectivity index (χ0n) is 15.4. The van der Waals surface area contributed by atoms with E-state index < -0.39 is 10.0 Å². The van der Waals surface area contributed by atoms with Crippen molar-refractivity contribution in [3.05, 3.63) is 47.8 Å². The Morgan fingerprint density at radius 2 is 2.07 bits per heavy atom. The Morgan fingerprint density at radius 3 is 2.63 bits per heavy atom. The standard InChI is InChI=1S/C17H24N6O2S.HI/c1-19-17(20-9-13-3-5-16(6-4-13)26(18,24)25)23-8-7-14(12-23)15-10-21-22(2)11-15;/h3-6,10-11,14H,7-9,12H2,1-2H3,(H,19,20)(H2,18,24,25);1H. The molecule has 3 N–H and O–H groups in total. The summed E-state index contributed by atoms with van der Waals surface area (Å²) in [5, 5.41) is 12.7. The fourth-order valence-corrected chi connectivity index (χ4v) is 3.70. The van der Waals surface area contributed by atoms with Crippen molar-refractivity contribution in [3.63, 3.8) is 0 Å². The zero-order valence-corrected chi connectivity index (χ0v) is 18.5. The largest absolute Gasteiger partial charge is 0.352 e. The molecule has 0 bridgehead atoms. The van der Waals surface area contributed by atoms with Crippen LogP contribution in [-0.2, 0) is 23.6 Å². The van der Waals surface area contributed by atoms with Crippen LogP contribution in [0.2, 0.25) is 0 Å². The van der Waals surface area contributed by atoms with Crippen LogP contribution in [0.5, 0.6) is 0 Å². The Kier molecular flexibility index (Phi) is 7.23. The van der Waals surface area contributed by atoms with E-state index in [1.807, 2.05) is 17.9 Å². The second kappa shape index (κ2) is 9.02. The highest BCUT2D eigenvalue weighted by molar-refractivity contribution is 14.0. The van der Waals surface area contributed by atoms with Gasteiger partial charge >= 0.3 is 0 Å². The first-order valence-electron chi connectivity index (χ1n) is 8.42. The number of guanidine groups is 1. The molecule has 0 radical (unpaired) electrons. The van der Waals surface area contributed by atoms with Crippen molar-refractivity contribution in [3.8, 4) is 0 Å². The number of hydrogen-bond acceptors (Lipinski definition) is 4. The zero-order chi connectivity index (χ0) is 18.7. The predicted molar refractivity (Wildman–Crippen MR) is 116 cm³/mol. The van der Waals surface area contributed by atoms with E-state index in [0.717, 1.165) is 31.0 Å². The minimum absolute atomic E-state index is 0. The van der Waals surface area contributed by atoms with Crippen molar-refractivity contribution in [2.45, 2.75) is 23.8 Å². The van der Waals surface area contributed by atoms with Gasteiger partial charge in [0.2, 0.25) is 10.0 Å². The van der Waals surface area contributed by atoms with Gasteiger partial charge in [0.05, 0.1) is 11.1 Å². The summed E-state index contributed by atoms with van der Waals surface area (Å²) in [6, 6.07) is 6.54. The number of likely N-dealkylation sites (tertiary alicyclic amines) is 1. The lowest BCUT2D eigenvalue weighted by Crippen LogP contribution is -2.39. The minimum Gasteiger partial charge on any atom is -0.352 e. The number of rotatable bonds is 4. The monoisotopic (exact) mass is 504 g/mol. The lowest BCUT2D eigenvalue weighted by atomic mass is 10.0. The molecule has 0 spiro atoms. The number of nitrogens with zero attached hydrogens (tertiary/aromatic N) is 4. The molecule has 0 saturated carbocycles. The van der Waals surface area contributed by atoms with E-state index in [1.54, 1.807) is 19.2 Å². The van der Waals surface area contributed by atoms with Gasteiger partial charge in [0, 0.05) is 45.8 Å². The van der Waals surface area contributed by atoms with E-state index in [4.69, 9.17) is 5.14 Å². The van der Waals surface area contributed by atoms with Crippen molar-refractivity contribution in [2.75, 3.05) is 20.1 Å². The number of hydrogen-bond donors (Lipinski definition) is 2. The lowest BCUT2D eigenvalue weighted by Gasteiger charge is -2.21. The summed E-state index contributed by atoms with van der Waals surface area (Å²) in [4.78, 5) is 6.72. The van der Waals surface area contributed by atoms with Gasteiger partial charge in [-0.05, 0) is 29.7 Å². The fourth-order valence-electron chi connectivity index (χ4n) is 3.19. The molecular formula is C17H25IN6O2S. The molecule has 1 aromatic carbocycles. The molecule has 3 rings (SSSR count). The van der Waals surface area contributed by atoms with Crippen molar-refractivity contribution < 1.29 is 8.42 Å². The number of aryl methyl sites for hydroxylation is 1. The maximum absolute atomic E-state index is 11.3. The molecule has 1 aliphatic heterocycles. The van der Waals surface area contributed by atoms with E-state index in [9.17, 15) is 8.42 Å². The van der Waals surface area contributed by atoms with Gasteiger partial charge in [0.25, 0.3) is 0 Å². The van der Waals surface area contributed by atoms with Crippen LogP contribution in [0, 0.1) is 0 Å². The highest BCUT2D eigenvalue weighted by atomic mass is 127. The number of aliphatic imine (C=N–C) groups is 1. The number of nitrogens with one attached hydrogen (secondary N) is 1. The lowest BCUT2D eigenvalue weighted by molar-refractivity contribution is 0.486. The normalized spacial score (nSPS) is 17.7. The summed E-state index contributed by atoms with van der Waals surface area (Å²) in [6.07, 6.45) is 5.06. The maximum Gasteiger partial charge on any atom is 0.238 e. The number of halogens is 1. The van der Waals surface area contributed by atoms with Crippen molar-refractivity contribution in [1.82, 2.24) is 20.0 Å². The number of primary sulfonamides is 1. The van der Waals surface area contributed by atoms with Crippen LogP contribution in [0.1, 0.15) is 23.5 Å². The summed E-state index contributed by atoms with van der Waals surface area (Å²) in [5.41, 5.74) is 2.21. The first-order valence-corrected chi connectivity index (χ1v) is 9.97. The minimum atomic E-state index is -3.66. The van der Waals surface area contributed by atoms with Gasteiger partial charge in [-0.3, -0.25) is 9.67 Å². The van der Waals surface area contributed by atoms with Gasteiger partial charge < -0.3 is 10.2 Å². The molecule has 1 saturated heterocycles. The number of sulfonamides is 1. The average molecular weight is 504 g/mol. The number of benzene rings is 1. The van der Waals surface area contributed by atoms with Crippen LogP contribution in [0.3, 0.4) is 0 Å². The Labute approximate surface area is 176 Å². The van der Waals surface area contributed by atoms with E-state index in [2.05, 4.69) is 26.5 Å². The highest BCUT2D eigenvalue weighted by Gasteiger charge is 2.26. The molecule has 10 heteroatoms. The van der Waals surface area contributed by atoms with Gasteiger partial charge in [-0.15, -0.1) is 24.0 Å². The molecule has 2 aromatic rings. The quantitative estimate of drug-likeness (QED) is 0.371. The van der Waals surface area contributed by atoms with Crippen LogP contribution in [-0.4, -0.2) is 49.2 Å². The SMILES string of the molecule is CN=C(NCc1ccc(S(N)(=O)=O)cc1)N1CCC(c2cnn(C)c2)C1.I. The van der Waals surface area contributed by atoms with Gasteiger partial charge in [-0.25, -0.2) is 13.6 Å². The topological polar surface area (TPSA) is 106 Å². The molecule has 1 aromatic heterocycles. The summed E-state index contributed by atoms with van der Waals surface area (Å²) >= 11 is 0. The predicted octanol–water partition coefficient (Wildman–Crippen LogP) is 1.25. The van der Waals surface area contributed by atoms with E-state index >= 15 is 0 Å². The molecule has 2 heterocycles. The summed E-state index contributed by atoms with van der Waals surface area (Å²) in [7, 11) is 0.0376. The third-order valence-electron chi connectivity index (χ3n) is 4.60. The average Bonchev–Trinajstić information content (AvgIpc) is 3.24. The molecule has 1 fully saturated rings. The van der Waals surface area contributed by atoms with Gasteiger partial charge in [0.1, 0.15) is 0 Å². The first kappa shape index (κ1) is 21.6. The Morgan fingerprint density at radius 1 is 1.37 bits per heavy atom. The molecule has 1 aliphatic rings. The van der Waals surface area contributed by atoms with Crippen molar-refractivity contribution in [2.24, 2.45) is 17.2 Å². The molecule has 1 unspecified atom stereocenters. The van der Waals surface area contributed by atoms with Crippen LogP contribution in [0.4, 0.5) is 0 Å². The summed E-state index contributed by atoms with van der Waals surface area (Å²) in [5.74, 6) is 1.29. The van der Waals surface area contributed by atoms with E-state index in [-0.39, 0.29) is 28.9 Å². The fraction of sp³-hybridized carbons (Fsp3) is 0.412. The third-order valence-corrected chi connectivity index (χ3v) is 5.53. The second-order valence-electron chi connectivity index (χ2n) is 6.47. The number of aromatic nitrogens is 2. The van der Waals surface area contributed by atoms with Crippen molar-refractivity contribution >= 4 is 40.0 Å². The molecule has 148 valence electrons. The van der Waals surface area contributed by atoms with E-state index in [0.29, 0.717) is 12.5 Å². The smallest absolute Gasteiger partial charge is 0.238 e. The molecular weight excluding hydrogens is 479 g/mol. The Hall–Kier alpha value is -1.66. The second-order valence-corrected chi connectivity index (χ2v) is 8.03. The third kappa shape index (κ3) is 5.42. The van der Waals surface area contributed by atoms with Crippen molar-refractivity contribution in [1.29, 1.82) is 0 Å². The Balaban J connectivity index is 0.00000261. The first-order chi connectivity index (χ1) is 12.4. The van der Waals surface area contributed by atoms with Gasteiger partial charge in [-0.1, -0.05) is 12.1 Å². The molecule has 8 nitrogen and oxygen atoms in total. The number of nitrogens with two attached hydrogens (primary N) is 1. The Bertz CT molecular complexity index is 894. The molecule has 0 aliphatic carbocycles. The maximum atomic E-state index is 11.3. The van der Waals surface area contributed by atoms with Crippen LogP contribution < -0.4 is 10.5 Å². The van der Waals surface area contributed by atoms with Gasteiger partial charge in [0.15, 0.2) is 5.96 Å². The molecule has 0 amide bonds. The molecule has 1 atom stereocenters. The highest BCUT2D eigenvalue weighted by Crippen LogP contribution is 2.26. The van der Waals surface area contributed by atoms with Crippen LogP contribution >= 0.6 is 24.0 Å².